The molecule has 2 aromatic heterocycles. The van der Waals surface area contributed by atoms with E-state index in [2.05, 4.69) is 41.2 Å². The van der Waals surface area contributed by atoms with Crippen LogP contribution in [0.1, 0.15) is 35.8 Å². The summed E-state index contributed by atoms with van der Waals surface area (Å²) >= 11 is 1.92. The van der Waals surface area contributed by atoms with Crippen molar-refractivity contribution in [2.75, 3.05) is 25.2 Å². The minimum absolute atomic E-state index is 0.117. The quantitative estimate of drug-likeness (QED) is 0.583. The summed E-state index contributed by atoms with van der Waals surface area (Å²) in [6.07, 6.45) is 8.10. The molecule has 3 aromatic rings. The highest BCUT2D eigenvalue weighted by Crippen LogP contribution is 2.49. The lowest BCUT2D eigenvalue weighted by atomic mass is 9.81. The molecule has 0 aliphatic carbocycles. The average Bonchev–Trinajstić information content (AvgIpc) is 3.34. The number of thiophene rings is 1. The van der Waals surface area contributed by atoms with Crippen molar-refractivity contribution in [3.63, 3.8) is 0 Å². The Morgan fingerprint density at radius 1 is 1.32 bits per heavy atom. The Kier molecular flexibility index (Phi) is 5.45. The SMILES string of the molecule is C[C@H]1CC2(CCN1Cc1cnn(CCS(C)(=O)=O)c1)OCCc1c2sc2ccccc12. The third-order valence-electron chi connectivity index (χ3n) is 6.66. The molecule has 31 heavy (non-hydrogen) atoms. The predicted molar refractivity (Wildman–Crippen MR) is 124 cm³/mol. The number of benzene rings is 1. The van der Waals surface area contributed by atoms with Crippen molar-refractivity contribution in [3.8, 4) is 0 Å². The van der Waals surface area contributed by atoms with Gasteiger partial charge in [0.1, 0.15) is 15.4 Å². The highest BCUT2D eigenvalue weighted by molar-refractivity contribution is 7.90. The summed E-state index contributed by atoms with van der Waals surface area (Å²) in [6, 6.07) is 9.14. The van der Waals surface area contributed by atoms with Crippen molar-refractivity contribution in [2.24, 2.45) is 0 Å². The normalized spacial score (nSPS) is 24.6. The summed E-state index contributed by atoms with van der Waals surface area (Å²) < 4.78 is 32.4. The number of sulfone groups is 1. The first-order valence-electron chi connectivity index (χ1n) is 10.9. The fourth-order valence-corrected chi connectivity index (χ4v) is 7.01. The fourth-order valence-electron chi connectivity index (χ4n) is 5.06. The number of fused-ring (bicyclic) bond motifs is 4. The van der Waals surface area contributed by atoms with Crippen molar-refractivity contribution < 1.29 is 13.2 Å². The van der Waals surface area contributed by atoms with E-state index in [4.69, 9.17) is 4.74 Å². The molecule has 1 aromatic carbocycles. The van der Waals surface area contributed by atoms with E-state index in [0.29, 0.717) is 12.6 Å². The van der Waals surface area contributed by atoms with Gasteiger partial charge in [-0.3, -0.25) is 9.58 Å². The molecule has 166 valence electrons. The molecule has 0 N–H and O–H groups in total. The van der Waals surface area contributed by atoms with Gasteiger partial charge in [-0.1, -0.05) is 18.2 Å². The van der Waals surface area contributed by atoms with Crippen molar-refractivity contribution in [2.45, 2.75) is 50.9 Å². The monoisotopic (exact) mass is 459 g/mol. The molecule has 0 amide bonds. The van der Waals surface area contributed by atoms with Gasteiger partial charge < -0.3 is 4.74 Å². The molecule has 4 heterocycles. The van der Waals surface area contributed by atoms with Crippen LogP contribution in [0.3, 0.4) is 0 Å². The van der Waals surface area contributed by atoms with E-state index >= 15 is 0 Å². The lowest BCUT2D eigenvalue weighted by molar-refractivity contribution is -0.110. The highest BCUT2D eigenvalue weighted by Gasteiger charge is 2.45. The van der Waals surface area contributed by atoms with Gasteiger partial charge in [0.05, 0.1) is 25.1 Å². The molecule has 5 rings (SSSR count). The zero-order valence-corrected chi connectivity index (χ0v) is 19.7. The molecule has 0 radical (unpaired) electrons. The molecule has 2 atom stereocenters. The van der Waals surface area contributed by atoms with E-state index in [-0.39, 0.29) is 11.4 Å². The summed E-state index contributed by atoms with van der Waals surface area (Å²) in [5, 5.41) is 5.75. The Hall–Kier alpha value is -1.74. The van der Waals surface area contributed by atoms with Crippen LogP contribution in [0, 0.1) is 0 Å². The lowest BCUT2D eigenvalue weighted by Gasteiger charge is -2.47. The third kappa shape index (κ3) is 4.18. The van der Waals surface area contributed by atoms with Gasteiger partial charge >= 0.3 is 0 Å². The maximum absolute atomic E-state index is 11.4. The zero-order valence-electron chi connectivity index (χ0n) is 18.1. The molecule has 1 spiro atoms. The van der Waals surface area contributed by atoms with E-state index in [1.54, 1.807) is 4.68 Å². The minimum Gasteiger partial charge on any atom is -0.369 e. The van der Waals surface area contributed by atoms with Crippen molar-refractivity contribution in [1.82, 2.24) is 14.7 Å². The number of aryl methyl sites for hydroxylation is 1. The van der Waals surface area contributed by atoms with Crippen LogP contribution in [0.25, 0.3) is 10.1 Å². The van der Waals surface area contributed by atoms with Gasteiger partial charge in [0, 0.05) is 46.7 Å². The maximum Gasteiger partial charge on any atom is 0.149 e. The van der Waals surface area contributed by atoms with Crippen molar-refractivity contribution in [1.29, 1.82) is 0 Å². The van der Waals surface area contributed by atoms with Crippen LogP contribution in [0.4, 0.5) is 0 Å². The number of ether oxygens (including phenoxy) is 1. The molecule has 2 aliphatic heterocycles. The Morgan fingerprint density at radius 3 is 2.97 bits per heavy atom. The molecular formula is C23H29N3O3S2. The number of piperidine rings is 1. The average molecular weight is 460 g/mol. The van der Waals surface area contributed by atoms with E-state index in [0.717, 1.165) is 44.5 Å². The number of hydrogen-bond donors (Lipinski definition) is 0. The second-order valence-electron chi connectivity index (χ2n) is 9.01. The fraction of sp³-hybridized carbons (Fsp3) is 0.522. The maximum atomic E-state index is 11.4. The van der Waals surface area contributed by atoms with Crippen LogP contribution < -0.4 is 0 Å². The largest absolute Gasteiger partial charge is 0.369 e. The molecule has 1 fully saturated rings. The predicted octanol–water partition coefficient (Wildman–Crippen LogP) is 3.59. The number of hydrogen-bond acceptors (Lipinski definition) is 6. The van der Waals surface area contributed by atoms with Crippen LogP contribution in [-0.4, -0.2) is 54.3 Å². The van der Waals surface area contributed by atoms with Crippen LogP contribution in [0.5, 0.6) is 0 Å². The van der Waals surface area contributed by atoms with Crippen molar-refractivity contribution >= 4 is 31.3 Å². The molecule has 8 heteroatoms. The van der Waals surface area contributed by atoms with Crippen LogP contribution in [-0.2, 0) is 39.7 Å². The van der Waals surface area contributed by atoms with E-state index in [1.165, 1.54) is 26.8 Å². The number of rotatable bonds is 5. The first-order valence-corrected chi connectivity index (χ1v) is 13.8. The molecule has 1 saturated heterocycles. The van der Waals surface area contributed by atoms with Crippen LogP contribution in [0.15, 0.2) is 36.7 Å². The second-order valence-corrected chi connectivity index (χ2v) is 12.3. The summed E-state index contributed by atoms with van der Waals surface area (Å²) in [4.78, 5) is 3.94. The highest BCUT2D eigenvalue weighted by atomic mass is 32.2. The molecule has 6 nitrogen and oxygen atoms in total. The van der Waals surface area contributed by atoms with Crippen LogP contribution >= 0.6 is 11.3 Å². The molecule has 2 aliphatic rings. The topological polar surface area (TPSA) is 64.4 Å². The van der Waals surface area contributed by atoms with Gasteiger partial charge in [0.2, 0.25) is 0 Å². The lowest BCUT2D eigenvalue weighted by Crippen LogP contribution is -2.49. The first-order chi connectivity index (χ1) is 14.8. The minimum atomic E-state index is -2.98. The standard InChI is InChI=1S/C23H29N3O3S2/c1-17-13-23(22-20(7-11-29-23)19-5-3-4-6-21(19)30-22)8-9-25(17)15-18-14-24-26(16-18)10-12-31(2,27)28/h3-6,14,16-17H,7-13,15H2,1-2H3/t17-,23?/m0/s1. The zero-order chi connectivity index (χ0) is 21.6. The van der Waals surface area contributed by atoms with Crippen molar-refractivity contribution in [3.05, 3.63) is 52.7 Å². The van der Waals surface area contributed by atoms with Gasteiger partial charge in [-0.25, -0.2) is 8.42 Å². The van der Waals surface area contributed by atoms with Gasteiger partial charge in [0.25, 0.3) is 0 Å². The van der Waals surface area contributed by atoms with Gasteiger partial charge in [-0.2, -0.15) is 5.10 Å². The van der Waals surface area contributed by atoms with Gasteiger partial charge in [0.15, 0.2) is 0 Å². The molecule has 0 saturated carbocycles. The first kappa shape index (κ1) is 21.1. The third-order valence-corrected chi connectivity index (χ3v) is 8.98. The van der Waals surface area contributed by atoms with Crippen LogP contribution in [0.2, 0.25) is 0 Å². The Labute approximate surface area is 187 Å². The van der Waals surface area contributed by atoms with E-state index in [9.17, 15) is 8.42 Å². The Morgan fingerprint density at radius 2 is 2.16 bits per heavy atom. The summed E-state index contributed by atoms with van der Waals surface area (Å²) in [5.74, 6) is 0.117. The second kappa shape index (κ2) is 7.99. The van der Waals surface area contributed by atoms with Gasteiger partial charge in [-0.15, -0.1) is 11.3 Å². The van der Waals surface area contributed by atoms with E-state index in [1.807, 2.05) is 23.7 Å². The molecular weight excluding hydrogens is 430 g/mol. The Balaban J connectivity index is 1.30. The summed E-state index contributed by atoms with van der Waals surface area (Å²) in [5.41, 5.74) is 2.47. The van der Waals surface area contributed by atoms with E-state index < -0.39 is 9.84 Å². The molecule has 1 unspecified atom stereocenters. The Bertz CT molecular complexity index is 1200. The number of likely N-dealkylation sites (tertiary alicyclic amines) is 1. The molecule has 0 bridgehead atoms. The summed E-state index contributed by atoms with van der Waals surface area (Å²) in [7, 11) is -2.98. The van der Waals surface area contributed by atoms with Gasteiger partial charge in [-0.05, 0) is 43.2 Å². The smallest absolute Gasteiger partial charge is 0.149 e. The summed E-state index contributed by atoms with van der Waals surface area (Å²) in [6.45, 7) is 5.30. The number of nitrogens with zero attached hydrogens (tertiary/aromatic N) is 3. The number of aromatic nitrogens is 2.